The number of nitrogens with one attached hydrogen (secondary N) is 1. The number of hydrogen-bond donors (Lipinski definition) is 2. The van der Waals surface area contributed by atoms with E-state index in [2.05, 4.69) is 25.1 Å². The van der Waals surface area contributed by atoms with Crippen LogP contribution in [0.4, 0.5) is 5.95 Å². The number of nitrogens with zero attached hydrogens (tertiary/aromatic N) is 4. The van der Waals surface area contributed by atoms with E-state index in [1.54, 1.807) is 0 Å². The van der Waals surface area contributed by atoms with Gasteiger partial charge in [-0.15, -0.1) is 5.10 Å². The van der Waals surface area contributed by atoms with Gasteiger partial charge in [0.25, 0.3) is 0 Å². The van der Waals surface area contributed by atoms with E-state index < -0.39 is 0 Å². The van der Waals surface area contributed by atoms with E-state index in [0.717, 1.165) is 5.82 Å². The van der Waals surface area contributed by atoms with Crippen LogP contribution in [0, 0.1) is 6.92 Å². The first-order valence-electron chi connectivity index (χ1n) is 4.00. The first kappa shape index (κ1) is 10.2. The molecule has 0 aliphatic carbocycles. The molecular weight excluding hydrogens is 236 g/mol. The Morgan fingerprint density at radius 1 is 1.47 bits per heavy atom. The Morgan fingerprint density at radius 2 is 2.27 bits per heavy atom. The Hall–Kier alpha value is -1.34. The van der Waals surface area contributed by atoms with Crippen LogP contribution >= 0.6 is 23.4 Å². The number of nitrogen functional groups attached to an aromatic ring is 1. The Balaban J connectivity index is 2.27. The van der Waals surface area contributed by atoms with Gasteiger partial charge < -0.3 is 5.73 Å². The highest BCUT2D eigenvalue weighted by atomic mass is 35.5. The van der Waals surface area contributed by atoms with Crippen molar-refractivity contribution in [3.8, 4) is 0 Å². The van der Waals surface area contributed by atoms with Gasteiger partial charge in [-0.25, -0.2) is 15.0 Å². The molecule has 3 N–H and O–H groups in total. The fourth-order valence-corrected chi connectivity index (χ4v) is 1.83. The highest BCUT2D eigenvalue weighted by Crippen LogP contribution is 2.28. The minimum absolute atomic E-state index is 0.175. The summed E-state index contributed by atoms with van der Waals surface area (Å²) in [6, 6.07) is 0. The molecule has 2 aromatic rings. The van der Waals surface area contributed by atoms with Crippen LogP contribution in [0.5, 0.6) is 0 Å². The molecule has 0 aromatic carbocycles. The lowest BCUT2D eigenvalue weighted by Gasteiger charge is -1.99. The van der Waals surface area contributed by atoms with Gasteiger partial charge in [-0.1, -0.05) is 11.6 Å². The van der Waals surface area contributed by atoms with Crippen molar-refractivity contribution in [3.05, 3.63) is 17.0 Å². The number of nitrogens with two attached hydrogens (primary N) is 1. The average Bonchev–Trinajstić information content (AvgIpc) is 2.58. The summed E-state index contributed by atoms with van der Waals surface area (Å²) < 4.78 is 0. The summed E-state index contributed by atoms with van der Waals surface area (Å²) in [5.74, 6) is 0.907. The normalized spacial score (nSPS) is 10.5. The zero-order chi connectivity index (χ0) is 10.8. The number of rotatable bonds is 2. The lowest BCUT2D eigenvalue weighted by molar-refractivity contribution is 0.962. The molecule has 0 saturated carbocycles. The van der Waals surface area contributed by atoms with Crippen LogP contribution in [0.1, 0.15) is 5.82 Å². The number of H-pyrrole nitrogens is 1. The van der Waals surface area contributed by atoms with Crippen molar-refractivity contribution in [1.82, 2.24) is 25.1 Å². The van der Waals surface area contributed by atoms with E-state index >= 15 is 0 Å². The van der Waals surface area contributed by atoms with E-state index in [-0.39, 0.29) is 5.95 Å². The highest BCUT2D eigenvalue weighted by Gasteiger charge is 2.09. The van der Waals surface area contributed by atoms with Crippen LogP contribution in [0.2, 0.25) is 5.02 Å². The molecule has 2 heterocycles. The maximum Gasteiger partial charge on any atom is 0.221 e. The number of aryl methyl sites for hydroxylation is 1. The third-order valence-electron chi connectivity index (χ3n) is 1.50. The average molecular weight is 243 g/mol. The Morgan fingerprint density at radius 3 is 2.93 bits per heavy atom. The number of aromatic nitrogens is 5. The smallest absolute Gasteiger partial charge is 0.221 e. The van der Waals surface area contributed by atoms with Crippen molar-refractivity contribution in [1.29, 1.82) is 0 Å². The van der Waals surface area contributed by atoms with E-state index in [0.29, 0.717) is 15.2 Å². The van der Waals surface area contributed by atoms with Crippen LogP contribution in [-0.2, 0) is 0 Å². The highest BCUT2D eigenvalue weighted by molar-refractivity contribution is 7.99. The van der Waals surface area contributed by atoms with E-state index in [9.17, 15) is 0 Å². The number of halogens is 1. The maximum absolute atomic E-state index is 5.89. The van der Waals surface area contributed by atoms with Crippen molar-refractivity contribution in [2.24, 2.45) is 0 Å². The van der Waals surface area contributed by atoms with Crippen molar-refractivity contribution in [3.63, 3.8) is 0 Å². The molecule has 0 aliphatic rings. The van der Waals surface area contributed by atoms with Crippen LogP contribution in [0.25, 0.3) is 0 Å². The van der Waals surface area contributed by atoms with Gasteiger partial charge in [0.2, 0.25) is 11.1 Å². The number of hydrogen-bond acceptors (Lipinski definition) is 6. The molecule has 78 valence electrons. The van der Waals surface area contributed by atoms with Gasteiger partial charge in [0, 0.05) is 0 Å². The topological polar surface area (TPSA) is 93.4 Å². The predicted octanol–water partition coefficient (Wildman–Crippen LogP) is 1.29. The third kappa shape index (κ3) is 2.37. The van der Waals surface area contributed by atoms with Crippen molar-refractivity contribution in [2.75, 3.05) is 5.73 Å². The molecule has 2 aromatic heterocycles. The van der Waals surface area contributed by atoms with Crippen molar-refractivity contribution >= 4 is 29.3 Å². The molecule has 0 amide bonds. The van der Waals surface area contributed by atoms with Gasteiger partial charge in [0.05, 0.1) is 11.2 Å². The molecule has 0 saturated heterocycles. The van der Waals surface area contributed by atoms with E-state index in [4.69, 9.17) is 17.3 Å². The molecule has 0 unspecified atom stereocenters. The lowest BCUT2D eigenvalue weighted by Crippen LogP contribution is -1.95. The summed E-state index contributed by atoms with van der Waals surface area (Å²) >= 11 is 7.12. The van der Waals surface area contributed by atoms with Gasteiger partial charge in [0.15, 0.2) is 0 Å². The van der Waals surface area contributed by atoms with E-state index in [1.165, 1.54) is 18.0 Å². The molecule has 0 bridgehead atoms. The number of anilines is 1. The SMILES string of the molecule is Cc1nc(Sc2nc(N)ncc2Cl)n[nH]1. The predicted molar refractivity (Wildman–Crippen MR) is 56.7 cm³/mol. The molecule has 0 fully saturated rings. The molecule has 15 heavy (non-hydrogen) atoms. The molecule has 0 aliphatic heterocycles. The fourth-order valence-electron chi connectivity index (χ4n) is 0.890. The molecular formula is C7H7ClN6S. The van der Waals surface area contributed by atoms with Gasteiger partial charge in [-0.2, -0.15) is 0 Å². The Kier molecular flexibility index (Phi) is 2.74. The van der Waals surface area contributed by atoms with E-state index in [1.807, 2.05) is 6.92 Å². The van der Waals surface area contributed by atoms with Gasteiger partial charge in [-0.05, 0) is 18.7 Å². The van der Waals surface area contributed by atoms with Gasteiger partial charge in [0.1, 0.15) is 10.9 Å². The summed E-state index contributed by atoms with van der Waals surface area (Å²) in [6.45, 7) is 1.81. The first-order valence-corrected chi connectivity index (χ1v) is 5.19. The van der Waals surface area contributed by atoms with Crippen molar-refractivity contribution in [2.45, 2.75) is 17.1 Å². The third-order valence-corrected chi connectivity index (χ3v) is 2.75. The molecule has 6 nitrogen and oxygen atoms in total. The maximum atomic E-state index is 5.89. The zero-order valence-electron chi connectivity index (χ0n) is 7.73. The fraction of sp³-hybridized carbons (Fsp3) is 0.143. The second kappa shape index (κ2) is 4.03. The summed E-state index contributed by atoms with van der Waals surface area (Å²) in [6.07, 6.45) is 1.45. The lowest BCUT2D eigenvalue weighted by atomic mass is 10.7. The van der Waals surface area contributed by atoms with Crippen LogP contribution < -0.4 is 5.73 Å². The summed E-state index contributed by atoms with van der Waals surface area (Å²) in [5, 5.41) is 8.19. The molecule has 0 radical (unpaired) electrons. The molecule has 0 spiro atoms. The standard InChI is InChI=1S/C7H7ClN6S/c1-3-11-7(14-13-3)15-5-4(8)2-10-6(9)12-5/h2H,1H3,(H2,9,10,12)(H,11,13,14). The summed E-state index contributed by atoms with van der Waals surface area (Å²) in [4.78, 5) is 11.9. The monoisotopic (exact) mass is 242 g/mol. The number of aromatic amines is 1. The van der Waals surface area contributed by atoms with Crippen molar-refractivity contribution < 1.29 is 0 Å². The second-order valence-electron chi connectivity index (χ2n) is 2.69. The van der Waals surface area contributed by atoms with Gasteiger partial charge >= 0.3 is 0 Å². The van der Waals surface area contributed by atoms with Crippen LogP contribution in [0.3, 0.4) is 0 Å². The first-order chi connectivity index (χ1) is 7.15. The molecule has 0 atom stereocenters. The molecule has 8 heteroatoms. The minimum Gasteiger partial charge on any atom is -0.368 e. The Bertz CT molecular complexity index is 484. The quantitative estimate of drug-likeness (QED) is 0.771. The summed E-state index contributed by atoms with van der Waals surface area (Å²) in [5.41, 5.74) is 5.44. The minimum atomic E-state index is 0.175. The van der Waals surface area contributed by atoms with Gasteiger partial charge in [-0.3, -0.25) is 5.10 Å². The zero-order valence-corrected chi connectivity index (χ0v) is 9.30. The van der Waals surface area contributed by atoms with Crippen LogP contribution in [-0.4, -0.2) is 25.1 Å². The molecule has 2 rings (SSSR count). The summed E-state index contributed by atoms with van der Waals surface area (Å²) in [7, 11) is 0. The largest absolute Gasteiger partial charge is 0.368 e. The van der Waals surface area contributed by atoms with Crippen LogP contribution in [0.15, 0.2) is 16.4 Å². The second-order valence-corrected chi connectivity index (χ2v) is 4.05. The Labute approximate surface area is 94.7 Å².